The Bertz CT molecular complexity index is 1240. The maximum atomic E-state index is 15.0. The number of aromatic amines is 1. The number of nitrogens with one attached hydrogen (secondary N) is 3. The second kappa shape index (κ2) is 7.29. The van der Waals surface area contributed by atoms with Crippen LogP contribution in [0.5, 0.6) is 0 Å². The predicted octanol–water partition coefficient (Wildman–Crippen LogP) is 3.27. The fourth-order valence-electron chi connectivity index (χ4n) is 4.76. The Balaban J connectivity index is 1.12. The molecule has 34 heavy (non-hydrogen) atoms. The van der Waals surface area contributed by atoms with Gasteiger partial charge in [0.25, 0.3) is 0 Å². The molecule has 7 rings (SSSR count). The maximum absolute atomic E-state index is 15.0. The van der Waals surface area contributed by atoms with Gasteiger partial charge in [-0.25, -0.2) is 19.2 Å². The first kappa shape index (κ1) is 21.1. The molecule has 14 heteroatoms. The first-order valence-corrected chi connectivity index (χ1v) is 10.7. The Morgan fingerprint density at radius 3 is 2.82 bits per heavy atom. The molecular formula is C20H19F4N7O3. The number of H-pyrrole nitrogens is 1. The van der Waals surface area contributed by atoms with Gasteiger partial charge in [-0.2, -0.15) is 18.3 Å². The number of alkyl halides is 4. The Labute approximate surface area is 189 Å². The van der Waals surface area contributed by atoms with Crippen molar-refractivity contribution in [3.05, 3.63) is 35.9 Å². The molecule has 1 saturated heterocycles. The number of ether oxygens (including phenoxy) is 2. The molecule has 4 heterocycles. The average Bonchev–Trinajstić information content (AvgIpc) is 3.43. The second-order valence-corrected chi connectivity index (χ2v) is 8.98. The molecule has 1 amide bonds. The molecule has 3 N–H and O–H groups in total. The number of carbonyl (C=O) groups is 1. The lowest BCUT2D eigenvalue weighted by Crippen LogP contribution is -2.68. The number of halogens is 4. The van der Waals surface area contributed by atoms with Crippen LogP contribution in [0.2, 0.25) is 0 Å². The van der Waals surface area contributed by atoms with E-state index in [-0.39, 0.29) is 35.3 Å². The van der Waals surface area contributed by atoms with Gasteiger partial charge >= 0.3 is 12.3 Å². The van der Waals surface area contributed by atoms with Crippen molar-refractivity contribution in [1.29, 1.82) is 0 Å². The van der Waals surface area contributed by atoms with Gasteiger partial charge in [-0.1, -0.05) is 0 Å². The monoisotopic (exact) mass is 481 g/mol. The molecule has 3 aliphatic carbocycles. The van der Waals surface area contributed by atoms with Crippen molar-refractivity contribution < 1.29 is 31.8 Å². The molecule has 3 saturated carbocycles. The Kier molecular flexibility index (Phi) is 4.53. The van der Waals surface area contributed by atoms with Gasteiger partial charge < -0.3 is 20.1 Å². The largest absolute Gasteiger partial charge is 0.441 e. The van der Waals surface area contributed by atoms with E-state index in [1.54, 1.807) is 0 Å². The average molecular weight is 481 g/mol. The number of aromatic nitrogens is 5. The molecule has 0 radical (unpaired) electrons. The van der Waals surface area contributed by atoms with E-state index in [1.807, 2.05) is 0 Å². The van der Waals surface area contributed by atoms with Crippen molar-refractivity contribution in [3.63, 3.8) is 0 Å². The number of amides is 1. The van der Waals surface area contributed by atoms with E-state index in [2.05, 4.69) is 30.8 Å². The highest BCUT2D eigenvalue weighted by Gasteiger charge is 2.58. The minimum atomic E-state index is -4.61. The minimum Gasteiger partial charge on any atom is -0.441 e. The molecule has 4 fully saturated rings. The summed E-state index contributed by atoms with van der Waals surface area (Å²) >= 11 is 0. The van der Waals surface area contributed by atoms with Gasteiger partial charge in [0.1, 0.15) is 11.8 Å². The van der Waals surface area contributed by atoms with Gasteiger partial charge in [0, 0.05) is 24.0 Å². The molecule has 10 nitrogen and oxygen atoms in total. The van der Waals surface area contributed by atoms with Crippen molar-refractivity contribution >= 4 is 23.5 Å². The fourth-order valence-corrected chi connectivity index (χ4v) is 4.76. The smallest absolute Gasteiger partial charge is 0.434 e. The summed E-state index contributed by atoms with van der Waals surface area (Å²) in [5.74, 6) is 0.896. The van der Waals surface area contributed by atoms with E-state index < -0.39 is 36.3 Å². The number of anilines is 2. The third-order valence-corrected chi connectivity index (χ3v) is 6.56. The standard InChI is InChI=1S/C20H19F4N7O3/c21-15-11(34-18(32)28-19-4-9(5-19)6-19)8-33-16(15)10-3-13(30-29-10)27-17-25-2-1-14-26-12(7-31(14)17)20(22,23)24/h1-3,7,9,11,15-16H,4-6,8H2,(H,28,32)(H2,25,27,29,30)/t9?,11-,15+,16-,19?/m1/s1. The van der Waals surface area contributed by atoms with Gasteiger partial charge in [-0.05, 0) is 31.2 Å². The first-order chi connectivity index (χ1) is 16.2. The lowest BCUT2D eigenvalue weighted by atomic mass is 9.50. The number of nitrogens with zero attached hydrogens (tertiary/aromatic N) is 4. The molecule has 0 spiro atoms. The summed E-state index contributed by atoms with van der Waals surface area (Å²) in [6.07, 6.45) is -4.08. The summed E-state index contributed by atoms with van der Waals surface area (Å²) in [4.78, 5) is 19.7. The van der Waals surface area contributed by atoms with Gasteiger partial charge in [0.2, 0.25) is 5.95 Å². The SMILES string of the molecule is O=C(NC12CC(C1)C2)O[C@@H]1CO[C@H](c2cc(Nc3nccc4nc(C(F)(F)F)cn34)n[nH]2)[C@H]1F. The number of carbonyl (C=O) groups excluding carboxylic acids is 1. The van der Waals surface area contributed by atoms with Gasteiger partial charge in [-0.15, -0.1) is 0 Å². The zero-order valence-corrected chi connectivity index (χ0v) is 17.5. The van der Waals surface area contributed by atoms with Crippen molar-refractivity contribution in [2.45, 2.75) is 49.4 Å². The number of rotatable bonds is 5. The summed E-state index contributed by atoms with van der Waals surface area (Å²) in [7, 11) is 0. The minimum absolute atomic E-state index is 0.0363. The zero-order valence-electron chi connectivity index (χ0n) is 17.5. The summed E-state index contributed by atoms with van der Waals surface area (Å²) in [5.41, 5.74) is -0.922. The van der Waals surface area contributed by atoms with Gasteiger partial charge in [0.15, 0.2) is 23.8 Å². The number of alkyl carbamates (subject to hydrolysis) is 1. The van der Waals surface area contributed by atoms with Gasteiger partial charge in [-0.3, -0.25) is 9.50 Å². The highest BCUT2D eigenvalue weighted by Crippen LogP contribution is 2.57. The molecule has 3 aromatic heterocycles. The summed E-state index contributed by atoms with van der Waals surface area (Å²) < 4.78 is 65.8. The highest BCUT2D eigenvalue weighted by molar-refractivity contribution is 5.69. The van der Waals surface area contributed by atoms with Crippen molar-refractivity contribution in [2.75, 3.05) is 11.9 Å². The van der Waals surface area contributed by atoms with E-state index in [0.29, 0.717) is 5.92 Å². The predicted molar refractivity (Wildman–Crippen MR) is 107 cm³/mol. The molecule has 3 aromatic rings. The van der Waals surface area contributed by atoms with E-state index in [1.165, 1.54) is 18.3 Å². The molecule has 3 atom stereocenters. The van der Waals surface area contributed by atoms with Crippen molar-refractivity contribution in [2.24, 2.45) is 5.92 Å². The van der Waals surface area contributed by atoms with Crippen LogP contribution < -0.4 is 10.6 Å². The van der Waals surface area contributed by atoms with E-state index in [0.717, 1.165) is 29.9 Å². The molecule has 4 aliphatic rings. The Hall–Kier alpha value is -3.42. The van der Waals surface area contributed by atoms with Crippen LogP contribution >= 0.6 is 0 Å². The summed E-state index contributed by atoms with van der Waals surface area (Å²) in [6, 6.07) is 2.78. The highest BCUT2D eigenvalue weighted by atomic mass is 19.4. The molecule has 0 unspecified atom stereocenters. The normalized spacial score (nSPS) is 30.0. The van der Waals surface area contributed by atoms with E-state index in [9.17, 15) is 22.4 Å². The Morgan fingerprint density at radius 2 is 2.12 bits per heavy atom. The van der Waals surface area contributed by atoms with Crippen LogP contribution in [0.15, 0.2) is 24.5 Å². The molecule has 180 valence electrons. The molecule has 2 bridgehead atoms. The van der Waals surface area contributed by atoms with Crippen LogP contribution in [0.1, 0.15) is 36.8 Å². The molecule has 0 aromatic carbocycles. The van der Waals surface area contributed by atoms with Crippen LogP contribution in [0.3, 0.4) is 0 Å². The van der Waals surface area contributed by atoms with Crippen LogP contribution in [0, 0.1) is 5.92 Å². The third kappa shape index (κ3) is 3.52. The van der Waals surface area contributed by atoms with E-state index >= 15 is 0 Å². The van der Waals surface area contributed by atoms with Crippen LogP contribution in [-0.2, 0) is 15.7 Å². The second-order valence-electron chi connectivity index (χ2n) is 8.98. The number of hydrogen-bond donors (Lipinski definition) is 3. The third-order valence-electron chi connectivity index (χ3n) is 6.56. The zero-order chi connectivity index (χ0) is 23.7. The lowest BCUT2D eigenvalue weighted by molar-refractivity contribution is -0.140. The number of fused-ring (bicyclic) bond motifs is 1. The number of hydrogen-bond acceptors (Lipinski definition) is 7. The van der Waals surface area contributed by atoms with E-state index in [4.69, 9.17) is 9.47 Å². The summed E-state index contributed by atoms with van der Waals surface area (Å²) in [6.45, 7) is -0.118. The van der Waals surface area contributed by atoms with Crippen molar-refractivity contribution in [3.8, 4) is 0 Å². The molecule has 1 aliphatic heterocycles. The fraction of sp³-hybridized carbons (Fsp3) is 0.500. The first-order valence-electron chi connectivity index (χ1n) is 10.7. The van der Waals surface area contributed by atoms with Crippen LogP contribution in [0.4, 0.5) is 34.1 Å². The lowest BCUT2D eigenvalue weighted by Gasteiger charge is -2.61. The topological polar surface area (TPSA) is 118 Å². The quantitative estimate of drug-likeness (QED) is 0.479. The Morgan fingerprint density at radius 1 is 1.32 bits per heavy atom. The number of imidazole rings is 1. The van der Waals surface area contributed by atoms with Crippen LogP contribution in [-0.4, -0.2) is 55.1 Å². The maximum Gasteiger partial charge on any atom is 0.434 e. The summed E-state index contributed by atoms with van der Waals surface area (Å²) in [5, 5.41) is 12.3. The molecular weight excluding hydrogens is 462 g/mol. The van der Waals surface area contributed by atoms with Crippen molar-refractivity contribution in [1.82, 2.24) is 29.9 Å². The van der Waals surface area contributed by atoms with Gasteiger partial charge in [0.05, 0.1) is 12.3 Å². The van der Waals surface area contributed by atoms with Crippen LogP contribution in [0.25, 0.3) is 5.65 Å².